The van der Waals surface area contributed by atoms with Gasteiger partial charge in [0.25, 0.3) is 0 Å². The highest BCUT2D eigenvalue weighted by Crippen LogP contribution is 2.26. The van der Waals surface area contributed by atoms with Gasteiger partial charge in [-0.15, -0.1) is 0 Å². The van der Waals surface area contributed by atoms with Gasteiger partial charge in [0.2, 0.25) is 15.9 Å². The molecule has 174 valence electrons. The highest BCUT2D eigenvalue weighted by Gasteiger charge is 2.28. The largest absolute Gasteiger partial charge is 0.352 e. The van der Waals surface area contributed by atoms with Crippen molar-refractivity contribution in [3.63, 3.8) is 0 Å². The Balaban J connectivity index is 1.82. The lowest BCUT2D eigenvalue weighted by Crippen LogP contribution is -2.44. The molecule has 0 radical (unpaired) electrons. The number of sulfonamides is 1. The van der Waals surface area contributed by atoms with E-state index in [1.165, 1.54) is 43.5 Å². The molecule has 5 nitrogen and oxygen atoms in total. The van der Waals surface area contributed by atoms with Gasteiger partial charge in [0, 0.05) is 27.7 Å². The van der Waals surface area contributed by atoms with Crippen LogP contribution in [0.4, 0.5) is 0 Å². The summed E-state index contributed by atoms with van der Waals surface area (Å²) < 4.78 is 27.9. The van der Waals surface area contributed by atoms with Crippen molar-refractivity contribution in [1.82, 2.24) is 9.62 Å². The molecule has 1 aliphatic carbocycles. The van der Waals surface area contributed by atoms with E-state index in [1.807, 2.05) is 0 Å². The van der Waals surface area contributed by atoms with E-state index in [0.29, 0.717) is 20.6 Å². The van der Waals surface area contributed by atoms with Crippen LogP contribution in [0.25, 0.3) is 0 Å². The van der Waals surface area contributed by atoms with Gasteiger partial charge in [0.05, 0.1) is 11.4 Å². The smallest absolute Gasteiger partial charge is 0.243 e. The van der Waals surface area contributed by atoms with Crippen molar-refractivity contribution in [1.29, 1.82) is 0 Å². The molecule has 32 heavy (non-hydrogen) atoms. The van der Waals surface area contributed by atoms with E-state index in [0.717, 1.165) is 30.0 Å². The summed E-state index contributed by atoms with van der Waals surface area (Å²) in [5.41, 5.74) is 0.562. The topological polar surface area (TPSA) is 66.5 Å². The van der Waals surface area contributed by atoms with Gasteiger partial charge in [-0.3, -0.25) is 4.79 Å². The van der Waals surface area contributed by atoms with E-state index < -0.39 is 10.0 Å². The maximum atomic E-state index is 13.4. The Kier molecular flexibility index (Phi) is 9.26. The Hall–Kier alpha value is -1.31. The highest BCUT2D eigenvalue weighted by molar-refractivity contribution is 7.89. The minimum absolute atomic E-state index is 0.0565. The number of hydrogen-bond acceptors (Lipinski definition) is 3. The van der Waals surface area contributed by atoms with Crippen LogP contribution in [0.2, 0.25) is 15.1 Å². The maximum absolute atomic E-state index is 13.4. The minimum atomic E-state index is -3.97. The Morgan fingerprint density at radius 3 is 2.12 bits per heavy atom. The molecule has 1 amide bonds. The van der Waals surface area contributed by atoms with Crippen LogP contribution in [0, 0.1) is 0 Å². The first-order chi connectivity index (χ1) is 15.3. The number of carbonyl (C=O) groups excluding carboxylic acids is 1. The van der Waals surface area contributed by atoms with Crippen LogP contribution in [0.1, 0.15) is 50.5 Å². The summed E-state index contributed by atoms with van der Waals surface area (Å²) in [6.45, 7) is -0.362. The number of halogens is 3. The van der Waals surface area contributed by atoms with Crippen LogP contribution >= 0.6 is 34.8 Å². The van der Waals surface area contributed by atoms with Gasteiger partial charge in [-0.1, -0.05) is 73.0 Å². The molecule has 1 N–H and O–H groups in total. The van der Waals surface area contributed by atoms with Crippen molar-refractivity contribution < 1.29 is 13.2 Å². The monoisotopic (exact) mass is 516 g/mol. The molecule has 0 aliphatic heterocycles. The molecule has 0 bridgehead atoms. The summed E-state index contributed by atoms with van der Waals surface area (Å²) in [6.07, 6.45) is 7.53. The standard InChI is InChI=1S/C23H27Cl3N2O3S/c24-18-10-12-21(13-11-18)32(30,31)28(15-17-8-9-19(25)14-22(17)26)16-23(29)27-20-6-4-2-1-3-5-7-20/h8-14,20H,1-7,15-16H2,(H,27,29). The van der Waals surface area contributed by atoms with E-state index in [-0.39, 0.29) is 29.9 Å². The zero-order chi connectivity index (χ0) is 23.1. The van der Waals surface area contributed by atoms with Crippen LogP contribution in [-0.4, -0.2) is 31.2 Å². The summed E-state index contributed by atoms with van der Waals surface area (Å²) in [4.78, 5) is 12.9. The van der Waals surface area contributed by atoms with Gasteiger partial charge < -0.3 is 5.32 Å². The number of benzene rings is 2. The molecule has 2 aromatic carbocycles. The van der Waals surface area contributed by atoms with Crippen molar-refractivity contribution in [2.24, 2.45) is 0 Å². The van der Waals surface area contributed by atoms with E-state index in [2.05, 4.69) is 5.32 Å². The molecule has 0 saturated heterocycles. The maximum Gasteiger partial charge on any atom is 0.243 e. The Labute approximate surface area is 205 Å². The second-order valence-corrected chi connectivity index (χ2v) is 11.3. The van der Waals surface area contributed by atoms with Gasteiger partial charge in [0.15, 0.2) is 0 Å². The molecule has 0 heterocycles. The third-order valence-corrected chi connectivity index (χ3v) is 8.25. The van der Waals surface area contributed by atoms with Crippen molar-refractivity contribution in [3.8, 4) is 0 Å². The Morgan fingerprint density at radius 1 is 0.906 bits per heavy atom. The van der Waals surface area contributed by atoms with Gasteiger partial charge >= 0.3 is 0 Å². The van der Waals surface area contributed by atoms with Crippen LogP contribution < -0.4 is 5.32 Å². The number of hydrogen-bond donors (Lipinski definition) is 1. The molecule has 1 aliphatic rings. The fourth-order valence-electron chi connectivity index (χ4n) is 3.86. The molecule has 2 aromatic rings. The fraction of sp³-hybridized carbons (Fsp3) is 0.435. The van der Waals surface area contributed by atoms with Crippen LogP contribution in [0.5, 0.6) is 0 Å². The third-order valence-electron chi connectivity index (χ3n) is 5.60. The summed E-state index contributed by atoms with van der Waals surface area (Å²) >= 11 is 18.2. The van der Waals surface area contributed by atoms with Crippen molar-refractivity contribution in [2.45, 2.75) is 62.4 Å². The Morgan fingerprint density at radius 2 is 1.50 bits per heavy atom. The van der Waals surface area contributed by atoms with Gasteiger partial charge in [-0.2, -0.15) is 4.31 Å². The number of carbonyl (C=O) groups is 1. The van der Waals surface area contributed by atoms with Gasteiger partial charge in [0.1, 0.15) is 0 Å². The first-order valence-electron chi connectivity index (χ1n) is 10.7. The molecule has 1 saturated carbocycles. The molecule has 0 unspecified atom stereocenters. The predicted molar refractivity (Wildman–Crippen MR) is 130 cm³/mol. The zero-order valence-corrected chi connectivity index (χ0v) is 20.8. The predicted octanol–water partition coefficient (Wildman–Crippen LogP) is 6.07. The second-order valence-electron chi connectivity index (χ2n) is 8.07. The molecule has 1 fully saturated rings. The van der Waals surface area contributed by atoms with Crippen LogP contribution in [0.15, 0.2) is 47.4 Å². The Bertz CT molecular complexity index is 1020. The summed E-state index contributed by atoms with van der Waals surface area (Å²) in [5, 5.41) is 4.26. The first-order valence-corrected chi connectivity index (χ1v) is 13.3. The number of nitrogens with one attached hydrogen (secondary N) is 1. The van der Waals surface area contributed by atoms with Crippen molar-refractivity contribution >= 4 is 50.7 Å². The minimum Gasteiger partial charge on any atom is -0.352 e. The average molecular weight is 518 g/mol. The SMILES string of the molecule is O=C(CN(Cc1ccc(Cl)cc1Cl)S(=O)(=O)c1ccc(Cl)cc1)NC1CCCCCCC1. The lowest BCUT2D eigenvalue weighted by atomic mass is 9.97. The summed E-state index contributed by atoms with van der Waals surface area (Å²) in [7, 11) is -3.97. The lowest BCUT2D eigenvalue weighted by molar-refractivity contribution is -0.122. The quantitative estimate of drug-likeness (QED) is 0.485. The fourth-order valence-corrected chi connectivity index (χ4v) is 5.82. The van der Waals surface area contributed by atoms with E-state index in [1.54, 1.807) is 18.2 Å². The molecule has 0 atom stereocenters. The normalized spacial score (nSPS) is 15.9. The van der Waals surface area contributed by atoms with Crippen LogP contribution in [0.3, 0.4) is 0 Å². The number of amides is 1. The molecular formula is C23H27Cl3N2O3S. The number of nitrogens with zero attached hydrogens (tertiary/aromatic N) is 1. The average Bonchev–Trinajstić information content (AvgIpc) is 2.71. The second kappa shape index (κ2) is 11.7. The molecule has 9 heteroatoms. The molecular weight excluding hydrogens is 491 g/mol. The van der Waals surface area contributed by atoms with E-state index >= 15 is 0 Å². The van der Waals surface area contributed by atoms with Crippen LogP contribution in [-0.2, 0) is 21.4 Å². The van der Waals surface area contributed by atoms with Gasteiger partial charge in [-0.25, -0.2) is 8.42 Å². The first kappa shape index (κ1) is 25.3. The van der Waals surface area contributed by atoms with Crippen molar-refractivity contribution in [2.75, 3.05) is 6.54 Å². The van der Waals surface area contributed by atoms with E-state index in [9.17, 15) is 13.2 Å². The molecule has 3 rings (SSSR count). The summed E-state index contributed by atoms with van der Waals surface area (Å²) in [5.74, 6) is -0.321. The number of rotatable bonds is 7. The zero-order valence-electron chi connectivity index (χ0n) is 17.7. The molecule has 0 aromatic heterocycles. The van der Waals surface area contributed by atoms with Gasteiger partial charge in [-0.05, 0) is 54.8 Å². The lowest BCUT2D eigenvalue weighted by Gasteiger charge is -2.25. The molecule has 0 spiro atoms. The third kappa shape index (κ3) is 7.09. The van der Waals surface area contributed by atoms with Crippen molar-refractivity contribution in [3.05, 3.63) is 63.1 Å². The highest BCUT2D eigenvalue weighted by atomic mass is 35.5. The summed E-state index contributed by atoms with van der Waals surface area (Å²) in [6, 6.07) is 10.8. The van der Waals surface area contributed by atoms with E-state index in [4.69, 9.17) is 34.8 Å².